The van der Waals surface area contributed by atoms with Gasteiger partial charge in [-0.05, 0) is 25.3 Å². The van der Waals surface area contributed by atoms with Crippen molar-refractivity contribution in [3.63, 3.8) is 0 Å². The van der Waals surface area contributed by atoms with Crippen molar-refractivity contribution in [2.75, 3.05) is 25.4 Å². The number of hydrogen-bond acceptors (Lipinski definition) is 3. The van der Waals surface area contributed by atoms with Crippen molar-refractivity contribution < 1.29 is 8.42 Å². The van der Waals surface area contributed by atoms with Crippen LogP contribution < -0.4 is 10.0 Å². The maximum absolute atomic E-state index is 11.6. The molecule has 1 saturated carbocycles. The Morgan fingerprint density at radius 3 is 2.50 bits per heavy atom. The van der Waals surface area contributed by atoms with Crippen LogP contribution in [0.4, 0.5) is 0 Å². The van der Waals surface area contributed by atoms with E-state index in [1.165, 1.54) is 19.3 Å². The van der Waals surface area contributed by atoms with Crippen LogP contribution in [-0.4, -0.2) is 33.8 Å². The zero-order valence-corrected chi connectivity index (χ0v) is 11.0. The van der Waals surface area contributed by atoms with E-state index in [2.05, 4.69) is 17.0 Å². The molecule has 0 spiro atoms. The highest BCUT2D eigenvalue weighted by atomic mass is 32.2. The van der Waals surface area contributed by atoms with Crippen molar-refractivity contribution in [2.45, 2.75) is 39.0 Å². The fourth-order valence-electron chi connectivity index (χ4n) is 1.77. The average Bonchev–Trinajstić information content (AvgIpc) is 2.14. The Morgan fingerprint density at radius 1 is 1.19 bits per heavy atom. The van der Waals surface area contributed by atoms with Crippen LogP contribution in [0.3, 0.4) is 0 Å². The van der Waals surface area contributed by atoms with Crippen LogP contribution in [0.1, 0.15) is 39.0 Å². The van der Waals surface area contributed by atoms with Crippen LogP contribution in [0.2, 0.25) is 0 Å². The number of hydrogen-bond donors (Lipinski definition) is 2. The molecule has 0 unspecified atom stereocenters. The lowest BCUT2D eigenvalue weighted by Gasteiger charge is -2.24. The highest BCUT2D eigenvalue weighted by Crippen LogP contribution is 2.29. The minimum Gasteiger partial charge on any atom is -0.315 e. The molecule has 0 heterocycles. The molecule has 1 rings (SSSR count). The van der Waals surface area contributed by atoms with E-state index in [4.69, 9.17) is 0 Å². The van der Waals surface area contributed by atoms with Gasteiger partial charge in [-0.15, -0.1) is 0 Å². The van der Waals surface area contributed by atoms with Crippen LogP contribution in [-0.2, 0) is 10.0 Å². The standard InChI is InChI=1S/C11H24N2O2S/c1-2-7-12-8-9-13-16(14,15)10-6-11-4-3-5-11/h11-13H,2-10H2,1H3. The first-order chi connectivity index (χ1) is 7.64. The molecule has 2 N–H and O–H groups in total. The first-order valence-electron chi connectivity index (χ1n) is 6.32. The lowest BCUT2D eigenvalue weighted by atomic mass is 9.84. The van der Waals surface area contributed by atoms with Gasteiger partial charge in [0.15, 0.2) is 0 Å². The summed E-state index contributed by atoms with van der Waals surface area (Å²) in [6.45, 7) is 4.27. The Hall–Kier alpha value is -0.130. The summed E-state index contributed by atoms with van der Waals surface area (Å²) in [4.78, 5) is 0. The largest absolute Gasteiger partial charge is 0.315 e. The van der Waals surface area contributed by atoms with Gasteiger partial charge >= 0.3 is 0 Å². The molecule has 1 fully saturated rings. The summed E-state index contributed by atoms with van der Waals surface area (Å²) in [5.41, 5.74) is 0. The second-order valence-corrected chi connectivity index (χ2v) is 6.48. The van der Waals surface area contributed by atoms with Gasteiger partial charge in [-0.1, -0.05) is 26.2 Å². The van der Waals surface area contributed by atoms with Crippen LogP contribution in [0.25, 0.3) is 0 Å². The Labute approximate surface area is 99.2 Å². The molecule has 0 radical (unpaired) electrons. The molecule has 16 heavy (non-hydrogen) atoms. The van der Waals surface area contributed by atoms with Gasteiger partial charge in [0.2, 0.25) is 10.0 Å². The summed E-state index contributed by atoms with van der Waals surface area (Å²) in [6.07, 6.45) is 5.62. The minimum absolute atomic E-state index is 0.297. The minimum atomic E-state index is -3.03. The molecular formula is C11H24N2O2S. The van der Waals surface area contributed by atoms with Crippen LogP contribution in [0.5, 0.6) is 0 Å². The molecule has 0 atom stereocenters. The SMILES string of the molecule is CCCNCCNS(=O)(=O)CCC1CCC1. The number of nitrogens with one attached hydrogen (secondary N) is 2. The van der Waals surface area contributed by atoms with Crippen molar-refractivity contribution in [2.24, 2.45) is 5.92 Å². The summed E-state index contributed by atoms with van der Waals surface area (Å²) < 4.78 is 25.8. The maximum Gasteiger partial charge on any atom is 0.211 e. The van der Waals surface area contributed by atoms with E-state index in [1.54, 1.807) is 0 Å². The van der Waals surface area contributed by atoms with Crippen molar-refractivity contribution >= 4 is 10.0 Å². The lowest BCUT2D eigenvalue weighted by Crippen LogP contribution is -2.34. The van der Waals surface area contributed by atoms with Crippen molar-refractivity contribution in [1.29, 1.82) is 0 Å². The molecule has 0 aromatic heterocycles. The first-order valence-corrected chi connectivity index (χ1v) is 7.97. The fourth-order valence-corrected chi connectivity index (χ4v) is 2.97. The van der Waals surface area contributed by atoms with Crippen LogP contribution in [0.15, 0.2) is 0 Å². The molecule has 0 bridgehead atoms. The van der Waals surface area contributed by atoms with Crippen molar-refractivity contribution in [3.05, 3.63) is 0 Å². The van der Waals surface area contributed by atoms with Gasteiger partial charge in [0.1, 0.15) is 0 Å². The van der Waals surface area contributed by atoms with E-state index in [0.29, 0.717) is 18.2 Å². The highest BCUT2D eigenvalue weighted by Gasteiger charge is 2.20. The molecule has 0 saturated heterocycles. The van der Waals surface area contributed by atoms with Gasteiger partial charge in [-0.3, -0.25) is 0 Å². The molecule has 0 amide bonds. The van der Waals surface area contributed by atoms with E-state index in [9.17, 15) is 8.42 Å². The summed E-state index contributed by atoms with van der Waals surface area (Å²) in [5, 5.41) is 3.17. The second kappa shape index (κ2) is 7.25. The topological polar surface area (TPSA) is 58.2 Å². The zero-order chi connectivity index (χ0) is 11.9. The normalized spacial score (nSPS) is 17.3. The predicted molar refractivity (Wildman–Crippen MR) is 66.9 cm³/mol. The smallest absolute Gasteiger partial charge is 0.211 e. The Morgan fingerprint density at radius 2 is 1.94 bits per heavy atom. The molecule has 0 aromatic carbocycles. The molecule has 4 nitrogen and oxygen atoms in total. The van der Waals surface area contributed by atoms with Crippen molar-refractivity contribution in [3.8, 4) is 0 Å². The van der Waals surface area contributed by atoms with E-state index < -0.39 is 10.0 Å². The Bertz CT molecular complexity index is 274. The van der Waals surface area contributed by atoms with Gasteiger partial charge < -0.3 is 5.32 Å². The summed E-state index contributed by atoms with van der Waals surface area (Å²) in [7, 11) is -3.03. The quantitative estimate of drug-likeness (QED) is 0.601. The monoisotopic (exact) mass is 248 g/mol. The summed E-state index contributed by atoms with van der Waals surface area (Å²) in [6, 6.07) is 0. The predicted octanol–water partition coefficient (Wildman–Crippen LogP) is 1.10. The second-order valence-electron chi connectivity index (χ2n) is 4.55. The molecule has 0 aromatic rings. The van der Waals surface area contributed by atoms with Crippen LogP contribution in [0, 0.1) is 5.92 Å². The van der Waals surface area contributed by atoms with Gasteiger partial charge in [0.25, 0.3) is 0 Å². The number of rotatable bonds is 9. The van der Waals surface area contributed by atoms with Crippen molar-refractivity contribution in [1.82, 2.24) is 10.0 Å². The Kier molecular flexibility index (Phi) is 6.31. The lowest BCUT2D eigenvalue weighted by molar-refractivity contribution is 0.307. The fraction of sp³-hybridized carbons (Fsp3) is 1.00. The first kappa shape index (κ1) is 13.9. The van der Waals surface area contributed by atoms with E-state index in [-0.39, 0.29) is 0 Å². The average molecular weight is 248 g/mol. The number of sulfonamides is 1. The third-order valence-electron chi connectivity index (χ3n) is 3.07. The zero-order valence-electron chi connectivity index (χ0n) is 10.2. The highest BCUT2D eigenvalue weighted by molar-refractivity contribution is 7.89. The Balaban J connectivity index is 2.03. The van der Waals surface area contributed by atoms with E-state index in [1.807, 2.05) is 0 Å². The van der Waals surface area contributed by atoms with Crippen LogP contribution >= 0.6 is 0 Å². The van der Waals surface area contributed by atoms with Gasteiger partial charge in [-0.2, -0.15) is 0 Å². The molecule has 96 valence electrons. The van der Waals surface area contributed by atoms with E-state index in [0.717, 1.165) is 25.9 Å². The van der Waals surface area contributed by atoms with Gasteiger partial charge in [-0.25, -0.2) is 13.1 Å². The summed E-state index contributed by atoms with van der Waals surface area (Å²) >= 11 is 0. The molecule has 0 aliphatic heterocycles. The molecule has 1 aliphatic carbocycles. The van der Waals surface area contributed by atoms with Gasteiger partial charge in [0.05, 0.1) is 5.75 Å². The van der Waals surface area contributed by atoms with E-state index >= 15 is 0 Å². The van der Waals surface area contributed by atoms with Gasteiger partial charge in [0, 0.05) is 13.1 Å². The molecule has 5 heteroatoms. The third kappa shape index (κ3) is 5.82. The molecular weight excluding hydrogens is 224 g/mol. The molecule has 1 aliphatic rings. The summed E-state index contributed by atoms with van der Waals surface area (Å²) in [5.74, 6) is 0.959. The maximum atomic E-state index is 11.6. The third-order valence-corrected chi connectivity index (χ3v) is 4.49.